The van der Waals surface area contributed by atoms with Crippen molar-refractivity contribution in [3.8, 4) is 0 Å². The van der Waals surface area contributed by atoms with Crippen molar-refractivity contribution in [2.75, 3.05) is 37.6 Å². The van der Waals surface area contributed by atoms with E-state index in [1.165, 1.54) is 6.07 Å². The monoisotopic (exact) mass is 298 g/mol. The highest BCUT2D eigenvalue weighted by Crippen LogP contribution is 2.22. The van der Waals surface area contributed by atoms with Gasteiger partial charge in [-0.25, -0.2) is 18.5 Å². The molecule has 20 heavy (non-hydrogen) atoms. The minimum atomic E-state index is -3.74. The minimum absolute atomic E-state index is 0.115. The van der Waals surface area contributed by atoms with Crippen LogP contribution in [0.5, 0.6) is 0 Å². The van der Waals surface area contributed by atoms with Crippen LogP contribution in [0.4, 0.5) is 5.82 Å². The molecule has 1 aromatic heterocycles. The molecule has 0 bridgehead atoms. The van der Waals surface area contributed by atoms with Gasteiger partial charge >= 0.3 is 0 Å². The number of hydrogen-bond donors (Lipinski definition) is 1. The molecule has 0 radical (unpaired) electrons. The van der Waals surface area contributed by atoms with Gasteiger partial charge in [0.05, 0.1) is 0 Å². The van der Waals surface area contributed by atoms with Gasteiger partial charge in [-0.3, -0.25) is 0 Å². The highest BCUT2D eigenvalue weighted by atomic mass is 32.2. The van der Waals surface area contributed by atoms with E-state index in [9.17, 15) is 8.42 Å². The molecular weight excluding hydrogens is 276 g/mol. The van der Waals surface area contributed by atoms with E-state index in [1.807, 2.05) is 4.90 Å². The minimum Gasteiger partial charge on any atom is -0.354 e. The molecule has 0 amide bonds. The molecule has 2 N–H and O–H groups in total. The van der Waals surface area contributed by atoms with Gasteiger partial charge in [-0.15, -0.1) is 0 Å². The average molecular weight is 298 g/mol. The fourth-order valence-electron chi connectivity index (χ4n) is 2.56. The predicted octanol–water partition coefficient (Wildman–Crippen LogP) is 0.651. The molecule has 0 aliphatic carbocycles. The Morgan fingerprint density at radius 3 is 2.80 bits per heavy atom. The van der Waals surface area contributed by atoms with Crippen LogP contribution in [0.25, 0.3) is 0 Å². The van der Waals surface area contributed by atoms with Crippen LogP contribution in [0.3, 0.4) is 0 Å². The summed E-state index contributed by atoms with van der Waals surface area (Å²) in [5, 5.41) is 5.27. The number of aromatic nitrogens is 1. The molecule has 2 rings (SSSR count). The lowest BCUT2D eigenvalue weighted by Gasteiger charge is -2.23. The molecule has 1 aromatic rings. The molecule has 0 aromatic carbocycles. The third-order valence-corrected chi connectivity index (χ3v) is 4.42. The Hall–Kier alpha value is -1.18. The summed E-state index contributed by atoms with van der Waals surface area (Å²) in [6, 6.07) is 3.12. The van der Waals surface area contributed by atoms with E-state index in [1.54, 1.807) is 12.3 Å². The number of nitrogens with two attached hydrogens (primary N) is 1. The van der Waals surface area contributed by atoms with Gasteiger partial charge in [-0.05, 0) is 38.1 Å². The Bertz CT molecular complexity index is 547. The summed E-state index contributed by atoms with van der Waals surface area (Å²) in [5.41, 5.74) is 0. The lowest BCUT2D eigenvalue weighted by Crippen LogP contribution is -2.32. The third kappa shape index (κ3) is 3.68. The van der Waals surface area contributed by atoms with Gasteiger partial charge in [-0.1, -0.05) is 6.92 Å². The van der Waals surface area contributed by atoms with Crippen molar-refractivity contribution in [2.45, 2.75) is 24.7 Å². The van der Waals surface area contributed by atoms with Crippen LogP contribution < -0.4 is 10.0 Å². The maximum Gasteiger partial charge on any atom is 0.241 e. The molecule has 2 heterocycles. The second kappa shape index (κ2) is 6.51. The fraction of sp³-hybridized carbons (Fsp3) is 0.615. The third-order valence-electron chi connectivity index (χ3n) is 3.49. The Morgan fingerprint density at radius 1 is 1.30 bits per heavy atom. The van der Waals surface area contributed by atoms with Crippen LogP contribution in [-0.4, -0.2) is 51.0 Å². The van der Waals surface area contributed by atoms with Gasteiger partial charge in [0.25, 0.3) is 0 Å². The number of primary sulfonamides is 1. The number of sulfonamides is 1. The number of pyridine rings is 1. The Balaban J connectivity index is 2.20. The standard InChI is InChI=1S/C13H22N4O2S/c1-2-7-16-8-4-9-17(11-10-16)13-12(20(14,18)19)5-3-6-15-13/h3,5-6H,2,4,7-11H2,1H3,(H2,14,18,19). The highest BCUT2D eigenvalue weighted by Gasteiger charge is 2.22. The maximum atomic E-state index is 11.6. The summed E-state index contributed by atoms with van der Waals surface area (Å²) in [6.45, 7) is 6.80. The summed E-state index contributed by atoms with van der Waals surface area (Å²) in [4.78, 5) is 8.77. The van der Waals surface area contributed by atoms with E-state index >= 15 is 0 Å². The Labute approximate surface area is 120 Å². The molecule has 112 valence electrons. The van der Waals surface area contributed by atoms with Crippen LogP contribution in [-0.2, 0) is 10.0 Å². The average Bonchev–Trinajstić information content (AvgIpc) is 2.64. The van der Waals surface area contributed by atoms with Crippen molar-refractivity contribution in [3.05, 3.63) is 18.3 Å². The van der Waals surface area contributed by atoms with Crippen molar-refractivity contribution in [1.29, 1.82) is 0 Å². The zero-order valence-corrected chi connectivity index (χ0v) is 12.6. The van der Waals surface area contributed by atoms with E-state index < -0.39 is 10.0 Å². The maximum absolute atomic E-state index is 11.6. The first-order chi connectivity index (χ1) is 9.52. The zero-order valence-electron chi connectivity index (χ0n) is 11.8. The van der Waals surface area contributed by atoms with E-state index in [2.05, 4.69) is 16.8 Å². The lowest BCUT2D eigenvalue weighted by molar-refractivity contribution is 0.294. The fourth-order valence-corrected chi connectivity index (χ4v) is 3.27. The van der Waals surface area contributed by atoms with Crippen molar-refractivity contribution in [2.24, 2.45) is 5.14 Å². The number of rotatable bonds is 4. The van der Waals surface area contributed by atoms with Crippen LogP contribution in [0.15, 0.2) is 23.2 Å². The smallest absolute Gasteiger partial charge is 0.241 e. The van der Waals surface area contributed by atoms with E-state index in [4.69, 9.17) is 5.14 Å². The van der Waals surface area contributed by atoms with E-state index in [0.717, 1.165) is 45.6 Å². The van der Waals surface area contributed by atoms with Gasteiger partial charge in [0.2, 0.25) is 10.0 Å². The molecule has 1 saturated heterocycles. The zero-order chi connectivity index (χ0) is 14.6. The SMILES string of the molecule is CCCN1CCCN(c2ncccc2S(N)(=O)=O)CC1. The molecule has 1 fully saturated rings. The predicted molar refractivity (Wildman–Crippen MR) is 79.2 cm³/mol. The van der Waals surface area contributed by atoms with Gasteiger partial charge in [-0.2, -0.15) is 0 Å². The second-order valence-electron chi connectivity index (χ2n) is 5.05. The van der Waals surface area contributed by atoms with Crippen molar-refractivity contribution < 1.29 is 8.42 Å². The topological polar surface area (TPSA) is 79.5 Å². The van der Waals surface area contributed by atoms with Crippen LogP contribution in [0.2, 0.25) is 0 Å². The van der Waals surface area contributed by atoms with Crippen LogP contribution in [0.1, 0.15) is 19.8 Å². The van der Waals surface area contributed by atoms with Gasteiger partial charge < -0.3 is 9.80 Å². The summed E-state index contributed by atoms with van der Waals surface area (Å²) in [7, 11) is -3.74. The van der Waals surface area contributed by atoms with Gasteiger partial charge in [0, 0.05) is 25.8 Å². The summed E-state index contributed by atoms with van der Waals surface area (Å²) < 4.78 is 23.3. The number of anilines is 1. The van der Waals surface area contributed by atoms with Gasteiger partial charge in [0.15, 0.2) is 0 Å². The van der Waals surface area contributed by atoms with E-state index in [0.29, 0.717) is 5.82 Å². The molecule has 1 aliphatic heterocycles. The first-order valence-corrected chi connectivity index (χ1v) is 8.52. The van der Waals surface area contributed by atoms with Crippen LogP contribution >= 0.6 is 0 Å². The first kappa shape index (κ1) is 15.2. The Morgan fingerprint density at radius 2 is 2.10 bits per heavy atom. The van der Waals surface area contributed by atoms with Crippen molar-refractivity contribution >= 4 is 15.8 Å². The molecule has 1 aliphatic rings. The molecule has 0 atom stereocenters. The first-order valence-electron chi connectivity index (χ1n) is 6.97. The molecule has 0 saturated carbocycles. The molecule has 0 spiro atoms. The normalized spacial score (nSPS) is 18.0. The van der Waals surface area contributed by atoms with E-state index in [-0.39, 0.29) is 4.90 Å². The quantitative estimate of drug-likeness (QED) is 0.883. The molecule has 0 unspecified atom stereocenters. The number of nitrogens with zero attached hydrogens (tertiary/aromatic N) is 3. The summed E-state index contributed by atoms with van der Waals surface area (Å²) in [5.74, 6) is 0.480. The highest BCUT2D eigenvalue weighted by molar-refractivity contribution is 7.89. The van der Waals surface area contributed by atoms with Crippen LogP contribution in [0, 0.1) is 0 Å². The van der Waals surface area contributed by atoms with Crippen molar-refractivity contribution in [3.63, 3.8) is 0 Å². The molecular formula is C13H22N4O2S. The largest absolute Gasteiger partial charge is 0.354 e. The van der Waals surface area contributed by atoms with Gasteiger partial charge in [0.1, 0.15) is 10.7 Å². The lowest BCUT2D eigenvalue weighted by atomic mass is 10.3. The summed E-state index contributed by atoms with van der Waals surface area (Å²) >= 11 is 0. The van der Waals surface area contributed by atoms with Crippen molar-refractivity contribution in [1.82, 2.24) is 9.88 Å². The molecule has 6 nitrogen and oxygen atoms in total. The second-order valence-corrected chi connectivity index (χ2v) is 6.58. The Kier molecular flexibility index (Phi) is 4.95. The summed E-state index contributed by atoms with van der Waals surface area (Å²) in [6.07, 6.45) is 3.74. The molecule has 7 heteroatoms. The number of hydrogen-bond acceptors (Lipinski definition) is 5.